The number of carboxylic acid groups (broad SMARTS) is 1. The summed E-state index contributed by atoms with van der Waals surface area (Å²) in [7, 11) is 0. The number of likely N-dealkylation sites (tertiary alicyclic amines) is 1. The lowest BCUT2D eigenvalue weighted by Crippen LogP contribution is -2.51. The topological polar surface area (TPSA) is 95.9 Å². The molecule has 0 aliphatic carbocycles. The van der Waals surface area contributed by atoms with Crippen molar-refractivity contribution in [1.29, 1.82) is 0 Å². The van der Waals surface area contributed by atoms with Gasteiger partial charge in [-0.1, -0.05) is 13.3 Å². The molecule has 2 atom stereocenters. The summed E-state index contributed by atoms with van der Waals surface area (Å²) in [6, 6.07) is -1.31. The van der Waals surface area contributed by atoms with Crippen LogP contribution in [0.1, 0.15) is 39.5 Å². The maximum Gasteiger partial charge on any atom is 0.326 e. The molecule has 120 valence electrons. The fraction of sp³-hybridized carbons (Fsp3) is 0.786. The maximum atomic E-state index is 12.1. The Balaban J connectivity index is 2.56. The average Bonchev–Trinajstić information content (AvgIpc) is 2.47. The van der Waals surface area contributed by atoms with Crippen molar-refractivity contribution in [3.05, 3.63) is 0 Å². The van der Waals surface area contributed by atoms with Gasteiger partial charge in [-0.05, 0) is 26.2 Å². The van der Waals surface area contributed by atoms with Gasteiger partial charge in [0.2, 0.25) is 0 Å². The van der Waals surface area contributed by atoms with Gasteiger partial charge in [0.1, 0.15) is 6.04 Å². The minimum absolute atomic E-state index is 0.281. The number of hydrogen-bond acceptors (Lipinski definition) is 4. The molecule has 7 heteroatoms. The van der Waals surface area contributed by atoms with Crippen molar-refractivity contribution in [2.75, 3.05) is 19.7 Å². The first-order valence-electron chi connectivity index (χ1n) is 7.44. The van der Waals surface area contributed by atoms with Gasteiger partial charge in [-0.15, -0.1) is 0 Å². The van der Waals surface area contributed by atoms with Gasteiger partial charge in [0.25, 0.3) is 0 Å². The number of nitrogens with zero attached hydrogens (tertiary/aromatic N) is 1. The summed E-state index contributed by atoms with van der Waals surface area (Å²) in [4.78, 5) is 36.4. The largest absolute Gasteiger partial charge is 0.480 e. The van der Waals surface area contributed by atoms with E-state index in [1.54, 1.807) is 6.92 Å². The van der Waals surface area contributed by atoms with Crippen LogP contribution in [0.15, 0.2) is 0 Å². The maximum absolute atomic E-state index is 12.1. The lowest BCUT2D eigenvalue weighted by molar-refractivity contribution is -0.149. The van der Waals surface area contributed by atoms with Crippen LogP contribution in [0.4, 0.5) is 4.79 Å². The smallest absolute Gasteiger partial charge is 0.326 e. The molecule has 21 heavy (non-hydrogen) atoms. The molecule has 1 heterocycles. The van der Waals surface area contributed by atoms with Gasteiger partial charge in [0, 0.05) is 13.1 Å². The van der Waals surface area contributed by atoms with Crippen LogP contribution in [0.2, 0.25) is 0 Å². The van der Waals surface area contributed by atoms with E-state index >= 15 is 0 Å². The van der Waals surface area contributed by atoms with E-state index in [0.717, 1.165) is 0 Å². The Morgan fingerprint density at radius 1 is 1.38 bits per heavy atom. The Morgan fingerprint density at radius 3 is 2.67 bits per heavy atom. The lowest BCUT2D eigenvalue weighted by atomic mass is 9.98. The number of carbonyl (C=O) groups excluding carboxylic acids is 2. The summed E-state index contributed by atoms with van der Waals surface area (Å²) < 4.78 is 4.98. The normalized spacial score (nSPS) is 19.7. The van der Waals surface area contributed by atoms with Crippen LogP contribution in [0, 0.1) is 5.92 Å². The predicted molar refractivity (Wildman–Crippen MR) is 75.8 cm³/mol. The average molecular weight is 300 g/mol. The number of aliphatic carboxylic acids is 1. The molecule has 1 fully saturated rings. The van der Waals surface area contributed by atoms with Crippen molar-refractivity contribution in [2.45, 2.75) is 45.6 Å². The highest BCUT2D eigenvalue weighted by Crippen LogP contribution is 2.18. The summed E-state index contributed by atoms with van der Waals surface area (Å²) in [5, 5.41) is 11.6. The third kappa shape index (κ3) is 5.24. The Labute approximate surface area is 124 Å². The number of hydrogen-bond donors (Lipinski definition) is 2. The van der Waals surface area contributed by atoms with Crippen molar-refractivity contribution in [2.24, 2.45) is 5.92 Å². The molecule has 0 radical (unpaired) electrons. The molecule has 1 rings (SSSR count). The molecule has 0 aromatic carbocycles. The monoisotopic (exact) mass is 300 g/mol. The second kappa shape index (κ2) is 8.49. The zero-order chi connectivity index (χ0) is 15.8. The molecule has 0 bridgehead atoms. The Hall–Kier alpha value is -1.79. The van der Waals surface area contributed by atoms with Gasteiger partial charge < -0.3 is 20.1 Å². The van der Waals surface area contributed by atoms with Crippen molar-refractivity contribution >= 4 is 18.0 Å². The highest BCUT2D eigenvalue weighted by molar-refractivity contribution is 5.83. The fourth-order valence-electron chi connectivity index (χ4n) is 2.40. The van der Waals surface area contributed by atoms with E-state index in [9.17, 15) is 14.4 Å². The molecular weight excluding hydrogens is 276 g/mol. The van der Waals surface area contributed by atoms with E-state index in [4.69, 9.17) is 9.84 Å². The van der Waals surface area contributed by atoms with Gasteiger partial charge in [-0.25, -0.2) is 9.59 Å². The third-order valence-corrected chi connectivity index (χ3v) is 3.50. The van der Waals surface area contributed by atoms with E-state index in [-0.39, 0.29) is 18.4 Å². The van der Waals surface area contributed by atoms with Gasteiger partial charge in [0.05, 0.1) is 12.5 Å². The van der Waals surface area contributed by atoms with Crippen LogP contribution in [0.5, 0.6) is 0 Å². The van der Waals surface area contributed by atoms with Crippen LogP contribution in [0.25, 0.3) is 0 Å². The molecule has 0 saturated carbocycles. The van der Waals surface area contributed by atoms with Crippen LogP contribution in [0.3, 0.4) is 0 Å². The van der Waals surface area contributed by atoms with E-state index in [1.807, 2.05) is 6.92 Å². The van der Waals surface area contributed by atoms with Crippen molar-refractivity contribution < 1.29 is 24.2 Å². The predicted octanol–water partition coefficient (Wildman–Crippen LogP) is 1.22. The lowest BCUT2D eigenvalue weighted by Gasteiger charge is -2.32. The first kappa shape index (κ1) is 17.3. The zero-order valence-electron chi connectivity index (χ0n) is 12.6. The van der Waals surface area contributed by atoms with Gasteiger partial charge in [-0.3, -0.25) is 4.79 Å². The minimum atomic E-state index is -1.04. The molecule has 2 N–H and O–H groups in total. The first-order chi connectivity index (χ1) is 9.99. The quantitative estimate of drug-likeness (QED) is 0.719. The van der Waals surface area contributed by atoms with Gasteiger partial charge in [0.15, 0.2) is 0 Å². The SMILES string of the molecule is CCC[C@@H](NC(=O)N1CCCC(C(=O)OCC)C1)C(=O)O. The van der Waals surface area contributed by atoms with Crippen LogP contribution in [-0.2, 0) is 14.3 Å². The standard InChI is InChI=1S/C14H24N2O5/c1-3-6-11(12(17)18)15-14(20)16-8-5-7-10(9-16)13(19)21-4-2/h10-11H,3-9H2,1-2H3,(H,15,20)(H,17,18)/t10?,11-/m1/s1. The third-order valence-electron chi connectivity index (χ3n) is 3.50. The van der Waals surface area contributed by atoms with Crippen molar-refractivity contribution in [3.63, 3.8) is 0 Å². The van der Waals surface area contributed by atoms with E-state index in [2.05, 4.69) is 5.32 Å². The van der Waals surface area contributed by atoms with Crippen molar-refractivity contribution in [3.8, 4) is 0 Å². The Bertz CT molecular complexity index is 386. The number of ether oxygens (including phenoxy) is 1. The molecule has 1 unspecified atom stereocenters. The van der Waals surface area contributed by atoms with E-state index < -0.39 is 18.0 Å². The number of piperidine rings is 1. The Kier molecular flexibility index (Phi) is 6.98. The molecule has 2 amide bonds. The number of urea groups is 1. The van der Waals surface area contributed by atoms with Gasteiger partial charge in [-0.2, -0.15) is 0 Å². The minimum Gasteiger partial charge on any atom is -0.480 e. The molecule has 0 aromatic heterocycles. The number of carboxylic acids is 1. The number of nitrogens with one attached hydrogen (secondary N) is 1. The number of rotatable bonds is 6. The Morgan fingerprint density at radius 2 is 2.10 bits per heavy atom. The van der Waals surface area contributed by atoms with E-state index in [0.29, 0.717) is 38.8 Å². The summed E-state index contributed by atoms with van der Waals surface area (Å²) in [5.41, 5.74) is 0. The van der Waals surface area contributed by atoms with E-state index in [1.165, 1.54) is 4.90 Å². The van der Waals surface area contributed by atoms with Crippen LogP contribution in [-0.4, -0.2) is 53.7 Å². The summed E-state index contributed by atoms with van der Waals surface area (Å²) in [5.74, 6) is -1.65. The molecule has 1 aliphatic rings. The molecule has 1 aliphatic heterocycles. The summed E-state index contributed by atoms with van der Waals surface area (Å²) >= 11 is 0. The fourth-order valence-corrected chi connectivity index (χ4v) is 2.40. The second-order valence-corrected chi connectivity index (χ2v) is 5.17. The molecular formula is C14H24N2O5. The highest BCUT2D eigenvalue weighted by Gasteiger charge is 2.30. The van der Waals surface area contributed by atoms with Crippen LogP contribution >= 0.6 is 0 Å². The number of esters is 1. The van der Waals surface area contributed by atoms with Gasteiger partial charge >= 0.3 is 18.0 Å². The summed E-state index contributed by atoms with van der Waals surface area (Å²) in [6.45, 7) is 4.73. The second-order valence-electron chi connectivity index (χ2n) is 5.17. The van der Waals surface area contributed by atoms with Crippen molar-refractivity contribution in [1.82, 2.24) is 10.2 Å². The zero-order valence-corrected chi connectivity index (χ0v) is 12.6. The molecule has 0 aromatic rings. The first-order valence-corrected chi connectivity index (χ1v) is 7.44. The number of carbonyl (C=O) groups is 3. The summed E-state index contributed by atoms with van der Waals surface area (Å²) in [6.07, 6.45) is 2.46. The molecule has 0 spiro atoms. The highest BCUT2D eigenvalue weighted by atomic mass is 16.5. The molecule has 1 saturated heterocycles. The van der Waals surface area contributed by atoms with Crippen LogP contribution < -0.4 is 5.32 Å². The molecule has 7 nitrogen and oxygen atoms in total. The number of amides is 2.